The Morgan fingerprint density at radius 1 is 0.365 bits per heavy atom. The van der Waals surface area contributed by atoms with Crippen molar-refractivity contribution in [1.82, 2.24) is 19.5 Å². The summed E-state index contributed by atoms with van der Waals surface area (Å²) in [5, 5.41) is 9.48. The monoisotopic (exact) mass is 664 g/mol. The third-order valence-electron chi connectivity index (χ3n) is 10.2. The van der Waals surface area contributed by atoms with Gasteiger partial charge in [-0.05, 0) is 70.1 Å². The minimum atomic E-state index is 0.616. The molecule has 5 heteroatoms. The van der Waals surface area contributed by atoms with Gasteiger partial charge in [0.05, 0.1) is 11.0 Å². The van der Waals surface area contributed by atoms with Gasteiger partial charge < -0.3 is 8.98 Å². The van der Waals surface area contributed by atoms with E-state index in [0.717, 1.165) is 44.3 Å². The Morgan fingerprint density at radius 3 is 1.73 bits per heavy atom. The Labute approximate surface area is 298 Å². The molecule has 0 spiro atoms. The highest BCUT2D eigenvalue weighted by Crippen LogP contribution is 2.40. The van der Waals surface area contributed by atoms with Crippen LogP contribution in [0.15, 0.2) is 174 Å². The van der Waals surface area contributed by atoms with Gasteiger partial charge in [0.2, 0.25) is 0 Å². The van der Waals surface area contributed by atoms with E-state index in [1.165, 1.54) is 43.4 Å². The second-order valence-corrected chi connectivity index (χ2v) is 13.3. The van der Waals surface area contributed by atoms with Crippen LogP contribution in [-0.2, 0) is 0 Å². The van der Waals surface area contributed by atoms with Crippen molar-refractivity contribution in [3.8, 4) is 39.9 Å². The standard InChI is InChI=1S/C47H28N4O/c1-3-12-30(13-4-1)45-48-46(31-14-5-2-6-15-31)50-47(49-45)34-20-24-42-38(26-34)37-22-21-35(28-43(37)52-42)51-40-23-19-29-11-9-10-18-36(29)44(40)39-25-32-16-7-8-17-33(32)27-41(39)51/h1-28H. The van der Waals surface area contributed by atoms with Crippen LogP contribution in [0.1, 0.15) is 0 Å². The second kappa shape index (κ2) is 11.2. The van der Waals surface area contributed by atoms with Crippen molar-refractivity contribution < 1.29 is 4.42 Å². The van der Waals surface area contributed by atoms with Crippen molar-refractivity contribution in [2.45, 2.75) is 0 Å². The predicted octanol–water partition coefficient (Wildman–Crippen LogP) is 12.2. The van der Waals surface area contributed by atoms with E-state index >= 15 is 0 Å². The molecule has 0 saturated heterocycles. The summed E-state index contributed by atoms with van der Waals surface area (Å²) in [6, 6.07) is 59.2. The molecule has 0 aliphatic rings. The Kier molecular flexibility index (Phi) is 6.18. The molecule has 0 bridgehead atoms. The molecule has 5 nitrogen and oxygen atoms in total. The molecule has 242 valence electrons. The van der Waals surface area contributed by atoms with Gasteiger partial charge >= 0.3 is 0 Å². The fourth-order valence-corrected chi connectivity index (χ4v) is 7.73. The Morgan fingerprint density at radius 2 is 1.00 bits per heavy atom. The summed E-state index contributed by atoms with van der Waals surface area (Å²) >= 11 is 0. The topological polar surface area (TPSA) is 56.7 Å². The number of hydrogen-bond acceptors (Lipinski definition) is 4. The average molecular weight is 665 g/mol. The lowest BCUT2D eigenvalue weighted by Gasteiger charge is -2.09. The molecule has 0 saturated carbocycles. The highest BCUT2D eigenvalue weighted by Gasteiger charge is 2.18. The molecule has 0 aliphatic carbocycles. The van der Waals surface area contributed by atoms with Gasteiger partial charge in [-0.15, -0.1) is 0 Å². The number of hydrogen-bond donors (Lipinski definition) is 0. The van der Waals surface area contributed by atoms with Gasteiger partial charge in [0.25, 0.3) is 0 Å². The number of aromatic nitrogens is 4. The summed E-state index contributed by atoms with van der Waals surface area (Å²) in [5.41, 5.74) is 7.81. The van der Waals surface area contributed by atoms with Crippen LogP contribution in [-0.4, -0.2) is 19.5 Å². The van der Waals surface area contributed by atoms with Crippen LogP contribution >= 0.6 is 0 Å². The van der Waals surface area contributed by atoms with Crippen molar-refractivity contribution in [1.29, 1.82) is 0 Å². The first-order chi connectivity index (χ1) is 25.7. The molecule has 11 aromatic rings. The van der Waals surface area contributed by atoms with Gasteiger partial charge in [-0.3, -0.25) is 0 Å². The lowest BCUT2D eigenvalue weighted by molar-refractivity contribution is 0.668. The van der Waals surface area contributed by atoms with Crippen molar-refractivity contribution in [3.05, 3.63) is 170 Å². The maximum atomic E-state index is 6.57. The Hall–Kier alpha value is -7.11. The third kappa shape index (κ3) is 4.46. The van der Waals surface area contributed by atoms with E-state index in [2.05, 4.69) is 102 Å². The van der Waals surface area contributed by atoms with Crippen molar-refractivity contribution in [2.75, 3.05) is 0 Å². The van der Waals surface area contributed by atoms with E-state index in [9.17, 15) is 0 Å². The van der Waals surface area contributed by atoms with Gasteiger partial charge in [-0.2, -0.15) is 0 Å². The third-order valence-corrected chi connectivity index (χ3v) is 10.2. The van der Waals surface area contributed by atoms with Gasteiger partial charge in [-0.1, -0.05) is 115 Å². The van der Waals surface area contributed by atoms with E-state index < -0.39 is 0 Å². The zero-order chi connectivity index (χ0) is 34.2. The number of fused-ring (bicyclic) bond motifs is 9. The fraction of sp³-hybridized carbons (Fsp3) is 0. The SMILES string of the molecule is c1ccc(-c2nc(-c3ccccc3)nc(-c3ccc4oc5cc(-n6c7cc8ccccc8cc7c7c8ccccc8ccc76)ccc5c4c3)n2)cc1. The molecule has 0 aliphatic heterocycles. The van der Waals surface area contributed by atoms with E-state index in [1.807, 2.05) is 72.8 Å². The van der Waals surface area contributed by atoms with Crippen LogP contribution in [0.5, 0.6) is 0 Å². The molecule has 0 radical (unpaired) electrons. The quantitative estimate of drug-likeness (QED) is 0.188. The molecular formula is C47H28N4O. The smallest absolute Gasteiger partial charge is 0.164 e. The van der Waals surface area contributed by atoms with Crippen LogP contribution in [0.3, 0.4) is 0 Å². The Bertz CT molecular complexity index is 3120. The van der Waals surface area contributed by atoms with Gasteiger partial charge in [-0.25, -0.2) is 15.0 Å². The fourth-order valence-electron chi connectivity index (χ4n) is 7.73. The highest BCUT2D eigenvalue weighted by molar-refractivity contribution is 6.23. The van der Waals surface area contributed by atoms with Crippen LogP contribution in [0.25, 0.3) is 105 Å². The minimum absolute atomic E-state index is 0.616. The zero-order valence-corrected chi connectivity index (χ0v) is 27.9. The summed E-state index contributed by atoms with van der Waals surface area (Å²) in [5.74, 6) is 1.89. The summed E-state index contributed by atoms with van der Waals surface area (Å²) in [4.78, 5) is 14.8. The van der Waals surface area contributed by atoms with Crippen LogP contribution in [0.2, 0.25) is 0 Å². The summed E-state index contributed by atoms with van der Waals surface area (Å²) < 4.78 is 8.94. The largest absolute Gasteiger partial charge is 0.456 e. The van der Waals surface area contributed by atoms with Crippen LogP contribution < -0.4 is 0 Å². The number of rotatable bonds is 4. The minimum Gasteiger partial charge on any atom is -0.456 e. The molecule has 3 aromatic heterocycles. The van der Waals surface area contributed by atoms with Gasteiger partial charge in [0.15, 0.2) is 17.5 Å². The van der Waals surface area contributed by atoms with Crippen LogP contribution in [0, 0.1) is 0 Å². The molecule has 52 heavy (non-hydrogen) atoms. The molecule has 11 rings (SSSR count). The second-order valence-electron chi connectivity index (χ2n) is 13.3. The Balaban J connectivity index is 1.10. The summed E-state index contributed by atoms with van der Waals surface area (Å²) in [6.45, 7) is 0. The number of nitrogens with zero attached hydrogens (tertiary/aromatic N) is 4. The van der Waals surface area contributed by atoms with Crippen molar-refractivity contribution >= 4 is 65.3 Å². The van der Waals surface area contributed by atoms with E-state index in [-0.39, 0.29) is 0 Å². The van der Waals surface area contributed by atoms with Crippen molar-refractivity contribution in [2.24, 2.45) is 0 Å². The maximum Gasteiger partial charge on any atom is 0.164 e. The zero-order valence-electron chi connectivity index (χ0n) is 27.9. The average Bonchev–Trinajstić information content (AvgIpc) is 3.74. The van der Waals surface area contributed by atoms with Gasteiger partial charge in [0.1, 0.15) is 11.2 Å². The molecule has 0 amide bonds. The molecule has 3 heterocycles. The molecular weight excluding hydrogens is 637 g/mol. The number of benzene rings is 8. The van der Waals surface area contributed by atoms with E-state index in [1.54, 1.807) is 0 Å². The van der Waals surface area contributed by atoms with Crippen LogP contribution in [0.4, 0.5) is 0 Å². The first-order valence-electron chi connectivity index (χ1n) is 17.4. The first kappa shape index (κ1) is 28.7. The van der Waals surface area contributed by atoms with E-state index in [0.29, 0.717) is 17.5 Å². The molecule has 0 N–H and O–H groups in total. The predicted molar refractivity (Wildman–Crippen MR) is 213 cm³/mol. The van der Waals surface area contributed by atoms with Crippen molar-refractivity contribution in [3.63, 3.8) is 0 Å². The van der Waals surface area contributed by atoms with Gasteiger partial charge in [0, 0.05) is 50.0 Å². The molecule has 0 fully saturated rings. The first-order valence-corrected chi connectivity index (χ1v) is 17.4. The lowest BCUT2D eigenvalue weighted by atomic mass is 10.0. The number of furan rings is 1. The summed E-state index contributed by atoms with van der Waals surface area (Å²) in [7, 11) is 0. The molecule has 8 aromatic carbocycles. The molecule has 0 unspecified atom stereocenters. The highest BCUT2D eigenvalue weighted by atomic mass is 16.3. The van der Waals surface area contributed by atoms with E-state index in [4.69, 9.17) is 19.4 Å². The molecule has 0 atom stereocenters. The lowest BCUT2D eigenvalue weighted by Crippen LogP contribution is -2.00. The summed E-state index contributed by atoms with van der Waals surface area (Å²) in [6.07, 6.45) is 0. The maximum absolute atomic E-state index is 6.57. The normalized spacial score (nSPS) is 11.8.